The summed E-state index contributed by atoms with van der Waals surface area (Å²) in [4.78, 5) is 24.7. The number of fused-ring (bicyclic) bond motifs is 3. The van der Waals surface area contributed by atoms with Crippen LogP contribution in [0.5, 0.6) is 0 Å². The van der Waals surface area contributed by atoms with E-state index in [-0.39, 0.29) is 5.41 Å². The maximum Gasteiger partial charge on any atom is 0.164 e. The summed E-state index contributed by atoms with van der Waals surface area (Å²) in [6.45, 7) is 6.62. The zero-order chi connectivity index (χ0) is 32.7. The molecule has 0 atom stereocenters. The summed E-state index contributed by atoms with van der Waals surface area (Å²) in [6.07, 6.45) is 1.85. The van der Waals surface area contributed by atoms with Gasteiger partial charge >= 0.3 is 0 Å². The molecule has 0 spiro atoms. The molecule has 0 bridgehead atoms. The third kappa shape index (κ3) is 5.60. The van der Waals surface area contributed by atoms with Crippen LogP contribution in [0.25, 0.3) is 78.2 Å². The van der Waals surface area contributed by atoms with E-state index in [4.69, 9.17) is 24.9 Å². The van der Waals surface area contributed by atoms with Crippen LogP contribution < -0.4 is 0 Å². The van der Waals surface area contributed by atoms with E-state index in [1.807, 2.05) is 72.9 Å². The normalized spacial score (nSPS) is 11.6. The first kappa shape index (κ1) is 29.3. The minimum absolute atomic E-state index is 0.131. The maximum atomic E-state index is 5.16. The Morgan fingerprint density at radius 2 is 0.958 bits per heavy atom. The van der Waals surface area contributed by atoms with Crippen LogP contribution in [0.3, 0.4) is 0 Å². The average molecular weight is 620 g/mol. The van der Waals surface area contributed by atoms with E-state index < -0.39 is 0 Å². The van der Waals surface area contributed by atoms with Crippen LogP contribution >= 0.6 is 0 Å². The second-order valence-corrected chi connectivity index (χ2v) is 13.0. The molecule has 5 aromatic carbocycles. The monoisotopic (exact) mass is 619 g/mol. The van der Waals surface area contributed by atoms with Crippen LogP contribution in [0, 0.1) is 0 Å². The Balaban J connectivity index is 1.25. The largest absolute Gasteiger partial charge is 0.254 e. The smallest absolute Gasteiger partial charge is 0.164 e. The Morgan fingerprint density at radius 3 is 1.58 bits per heavy atom. The molecule has 8 aromatic rings. The number of aromatic nitrogens is 5. The van der Waals surface area contributed by atoms with Gasteiger partial charge in [-0.25, -0.2) is 19.9 Å². The first-order chi connectivity index (χ1) is 23.4. The lowest BCUT2D eigenvalue weighted by Crippen LogP contribution is -2.14. The molecule has 230 valence electrons. The van der Waals surface area contributed by atoms with Gasteiger partial charge in [0.15, 0.2) is 17.5 Å². The molecule has 0 aliphatic carbocycles. The highest BCUT2D eigenvalue weighted by atomic mass is 15.0. The minimum atomic E-state index is -0.131. The van der Waals surface area contributed by atoms with Crippen LogP contribution in [-0.2, 0) is 5.41 Å². The number of hydrogen-bond donors (Lipinski definition) is 0. The predicted octanol–water partition coefficient (Wildman–Crippen LogP) is 10.6. The van der Waals surface area contributed by atoms with E-state index in [0.29, 0.717) is 17.5 Å². The number of pyridine rings is 2. The van der Waals surface area contributed by atoms with Gasteiger partial charge in [-0.3, -0.25) is 4.98 Å². The lowest BCUT2D eigenvalue weighted by atomic mass is 9.87. The van der Waals surface area contributed by atoms with Crippen molar-refractivity contribution >= 4 is 21.8 Å². The molecule has 48 heavy (non-hydrogen) atoms. The van der Waals surface area contributed by atoms with Gasteiger partial charge in [-0.1, -0.05) is 136 Å². The molecule has 0 unspecified atom stereocenters. The summed E-state index contributed by atoms with van der Waals surface area (Å²) in [7, 11) is 0. The van der Waals surface area contributed by atoms with Gasteiger partial charge in [0, 0.05) is 44.8 Å². The quantitative estimate of drug-likeness (QED) is 0.179. The van der Waals surface area contributed by atoms with Crippen LogP contribution in [-0.4, -0.2) is 24.9 Å². The summed E-state index contributed by atoms with van der Waals surface area (Å²) in [6, 6.07) is 47.9. The van der Waals surface area contributed by atoms with E-state index in [9.17, 15) is 0 Å². The second kappa shape index (κ2) is 11.9. The number of hydrogen-bond acceptors (Lipinski definition) is 5. The van der Waals surface area contributed by atoms with Crippen molar-refractivity contribution in [3.63, 3.8) is 0 Å². The summed E-state index contributed by atoms with van der Waals surface area (Å²) < 4.78 is 0. The highest BCUT2D eigenvalue weighted by Crippen LogP contribution is 2.37. The third-order valence-electron chi connectivity index (χ3n) is 8.65. The molecule has 5 heteroatoms. The molecule has 0 saturated heterocycles. The topological polar surface area (TPSA) is 64.5 Å². The van der Waals surface area contributed by atoms with E-state index in [1.165, 1.54) is 0 Å². The van der Waals surface area contributed by atoms with Crippen molar-refractivity contribution in [1.82, 2.24) is 24.9 Å². The maximum absolute atomic E-state index is 5.16. The van der Waals surface area contributed by atoms with Crippen LogP contribution in [0.15, 0.2) is 146 Å². The van der Waals surface area contributed by atoms with Crippen LogP contribution in [0.4, 0.5) is 0 Å². The Kier molecular flexibility index (Phi) is 7.30. The SMILES string of the molecule is CC(C)(C)c1cc(-c2cccc(-c3cccc(-c4nc(-c5ccccc5)nc(-c5ccccc5)n4)c3)c2)c2ccc3cccnc3c2n1. The Morgan fingerprint density at radius 1 is 0.417 bits per heavy atom. The highest BCUT2D eigenvalue weighted by Gasteiger charge is 2.20. The number of rotatable bonds is 5. The van der Waals surface area contributed by atoms with Crippen molar-refractivity contribution in [2.24, 2.45) is 0 Å². The molecule has 3 heterocycles. The molecule has 0 aliphatic rings. The van der Waals surface area contributed by atoms with E-state index in [1.54, 1.807) is 0 Å². The second-order valence-electron chi connectivity index (χ2n) is 13.0. The highest BCUT2D eigenvalue weighted by molar-refractivity contribution is 6.08. The average Bonchev–Trinajstić information content (AvgIpc) is 3.14. The molecule has 8 rings (SSSR count). The number of nitrogens with zero attached hydrogens (tertiary/aromatic N) is 5. The Hall–Kier alpha value is -6.07. The van der Waals surface area contributed by atoms with Crippen LogP contribution in [0.1, 0.15) is 26.5 Å². The standard InChI is InChI=1S/C43H33N5/c1-43(2,3)37-27-36(35-23-22-28-21-12-24-44-38(28)39(35)45-37)33-19-10-17-31(25-33)32-18-11-20-34(26-32)42-47-40(29-13-6-4-7-14-29)46-41(48-42)30-15-8-5-9-16-30/h4-27H,1-3H3. The predicted molar refractivity (Wildman–Crippen MR) is 196 cm³/mol. The fourth-order valence-electron chi connectivity index (χ4n) is 6.09. The molecule has 0 fully saturated rings. The van der Waals surface area contributed by atoms with Gasteiger partial charge in [-0.2, -0.15) is 0 Å². The minimum Gasteiger partial charge on any atom is -0.254 e. The summed E-state index contributed by atoms with van der Waals surface area (Å²) >= 11 is 0. The first-order valence-corrected chi connectivity index (χ1v) is 16.2. The van der Waals surface area contributed by atoms with Gasteiger partial charge in [0.05, 0.1) is 11.0 Å². The van der Waals surface area contributed by atoms with Gasteiger partial charge in [0.25, 0.3) is 0 Å². The first-order valence-electron chi connectivity index (χ1n) is 16.2. The number of benzene rings is 5. The lowest BCUT2D eigenvalue weighted by molar-refractivity contribution is 0.572. The molecule has 3 aromatic heterocycles. The molecule has 0 amide bonds. The lowest BCUT2D eigenvalue weighted by Gasteiger charge is -2.21. The van der Waals surface area contributed by atoms with Crippen molar-refractivity contribution in [2.45, 2.75) is 26.2 Å². The van der Waals surface area contributed by atoms with Gasteiger partial charge in [0.2, 0.25) is 0 Å². The Labute approximate surface area is 280 Å². The fraction of sp³-hybridized carbons (Fsp3) is 0.0930. The van der Waals surface area contributed by atoms with E-state index >= 15 is 0 Å². The summed E-state index contributed by atoms with van der Waals surface area (Å²) in [5.41, 5.74) is 10.0. The van der Waals surface area contributed by atoms with Crippen LogP contribution in [0.2, 0.25) is 0 Å². The van der Waals surface area contributed by atoms with E-state index in [0.717, 1.165) is 66.4 Å². The van der Waals surface area contributed by atoms with Gasteiger partial charge in [0.1, 0.15) is 0 Å². The molecular weight excluding hydrogens is 587 g/mol. The van der Waals surface area contributed by atoms with Gasteiger partial charge in [-0.15, -0.1) is 0 Å². The van der Waals surface area contributed by atoms with E-state index in [2.05, 4.69) is 93.6 Å². The molecule has 0 radical (unpaired) electrons. The van der Waals surface area contributed by atoms with Gasteiger partial charge < -0.3 is 0 Å². The van der Waals surface area contributed by atoms with Gasteiger partial charge in [-0.05, 0) is 46.5 Å². The van der Waals surface area contributed by atoms with Crippen molar-refractivity contribution in [3.05, 3.63) is 151 Å². The molecule has 5 nitrogen and oxygen atoms in total. The fourth-order valence-corrected chi connectivity index (χ4v) is 6.09. The Bertz CT molecular complexity index is 2370. The molecular formula is C43H33N5. The van der Waals surface area contributed by atoms with Crippen molar-refractivity contribution in [2.75, 3.05) is 0 Å². The van der Waals surface area contributed by atoms with Crippen molar-refractivity contribution < 1.29 is 0 Å². The van der Waals surface area contributed by atoms with Crippen molar-refractivity contribution in [1.29, 1.82) is 0 Å². The van der Waals surface area contributed by atoms with Crippen molar-refractivity contribution in [3.8, 4) is 56.4 Å². The summed E-state index contributed by atoms with van der Waals surface area (Å²) in [5.74, 6) is 1.93. The zero-order valence-electron chi connectivity index (χ0n) is 27.1. The zero-order valence-corrected chi connectivity index (χ0v) is 27.1. The molecule has 0 aliphatic heterocycles. The molecule has 0 N–H and O–H groups in total. The third-order valence-corrected chi connectivity index (χ3v) is 8.65. The summed E-state index contributed by atoms with van der Waals surface area (Å²) in [5, 5.41) is 2.18. The molecule has 0 saturated carbocycles.